The van der Waals surface area contributed by atoms with E-state index in [2.05, 4.69) is 10.0 Å². The van der Waals surface area contributed by atoms with E-state index in [0.29, 0.717) is 11.3 Å². The highest BCUT2D eigenvalue weighted by atomic mass is 32.2. The predicted molar refractivity (Wildman–Crippen MR) is 105 cm³/mol. The molecule has 2 aromatic rings. The molecule has 0 bridgehead atoms. The van der Waals surface area contributed by atoms with E-state index in [-0.39, 0.29) is 29.8 Å². The molecular formula is C20H26N2O4S. The Morgan fingerprint density at radius 3 is 2.56 bits per heavy atom. The second kappa shape index (κ2) is 9.01. The summed E-state index contributed by atoms with van der Waals surface area (Å²) in [6.07, 6.45) is 0.0452. The number of ether oxygens (including phenoxy) is 1. The zero-order chi connectivity index (χ0) is 20.0. The molecule has 0 saturated carbocycles. The first kappa shape index (κ1) is 20.9. The minimum Gasteiger partial charge on any atom is -0.496 e. The van der Waals surface area contributed by atoms with Crippen LogP contribution in [0.4, 0.5) is 0 Å². The SMILES string of the molecule is COc1ccccc1C(C)NC(=O)CCNS(=O)(=O)c1cc(C)ccc1C. The van der Waals surface area contributed by atoms with Gasteiger partial charge in [-0.05, 0) is 44.0 Å². The van der Waals surface area contributed by atoms with Crippen LogP contribution in [0, 0.1) is 13.8 Å². The van der Waals surface area contributed by atoms with Gasteiger partial charge >= 0.3 is 0 Å². The standard InChI is InChI=1S/C20H26N2O4S/c1-14-9-10-15(2)19(13-14)27(24,25)21-12-11-20(23)22-16(3)17-7-5-6-8-18(17)26-4/h5-10,13,16,21H,11-12H2,1-4H3,(H,22,23). The molecule has 0 saturated heterocycles. The molecule has 27 heavy (non-hydrogen) atoms. The molecule has 0 fully saturated rings. The molecule has 0 aliphatic heterocycles. The maximum Gasteiger partial charge on any atom is 0.240 e. The summed E-state index contributed by atoms with van der Waals surface area (Å²) in [5.41, 5.74) is 2.40. The lowest BCUT2D eigenvalue weighted by molar-refractivity contribution is -0.121. The first-order valence-electron chi connectivity index (χ1n) is 8.74. The zero-order valence-corrected chi connectivity index (χ0v) is 16.9. The van der Waals surface area contributed by atoms with E-state index < -0.39 is 10.0 Å². The van der Waals surface area contributed by atoms with Crippen LogP contribution in [-0.2, 0) is 14.8 Å². The first-order valence-corrected chi connectivity index (χ1v) is 10.2. The van der Waals surface area contributed by atoms with Crippen LogP contribution in [0.1, 0.15) is 36.1 Å². The Hall–Kier alpha value is -2.38. The zero-order valence-electron chi connectivity index (χ0n) is 16.1. The van der Waals surface area contributed by atoms with E-state index in [1.54, 1.807) is 26.2 Å². The third-order valence-electron chi connectivity index (χ3n) is 4.26. The number of rotatable bonds is 8. The molecule has 0 spiro atoms. The fourth-order valence-electron chi connectivity index (χ4n) is 2.79. The van der Waals surface area contributed by atoms with Crippen LogP contribution in [0.3, 0.4) is 0 Å². The lowest BCUT2D eigenvalue weighted by Crippen LogP contribution is -2.32. The highest BCUT2D eigenvalue weighted by Crippen LogP contribution is 2.24. The van der Waals surface area contributed by atoms with Gasteiger partial charge in [-0.2, -0.15) is 0 Å². The molecule has 7 heteroatoms. The van der Waals surface area contributed by atoms with Gasteiger partial charge in [0.1, 0.15) is 5.75 Å². The molecule has 2 aromatic carbocycles. The number of hydrogen-bond acceptors (Lipinski definition) is 4. The number of aryl methyl sites for hydroxylation is 2. The summed E-state index contributed by atoms with van der Waals surface area (Å²) in [5, 5.41) is 2.86. The minimum atomic E-state index is -3.65. The molecule has 0 heterocycles. The summed E-state index contributed by atoms with van der Waals surface area (Å²) in [7, 11) is -2.07. The predicted octanol–water partition coefficient (Wildman–Crippen LogP) is 2.86. The number of carbonyl (C=O) groups is 1. The summed E-state index contributed by atoms with van der Waals surface area (Å²) in [6, 6.07) is 12.5. The maximum absolute atomic E-state index is 12.5. The fraction of sp³-hybridized carbons (Fsp3) is 0.350. The number of methoxy groups -OCH3 is 1. The van der Waals surface area contributed by atoms with Crippen LogP contribution in [0.15, 0.2) is 47.4 Å². The van der Waals surface area contributed by atoms with E-state index in [9.17, 15) is 13.2 Å². The molecular weight excluding hydrogens is 364 g/mol. The molecule has 1 unspecified atom stereocenters. The highest BCUT2D eigenvalue weighted by Gasteiger charge is 2.18. The number of benzene rings is 2. The van der Waals surface area contributed by atoms with Gasteiger partial charge in [-0.15, -0.1) is 0 Å². The summed E-state index contributed by atoms with van der Waals surface area (Å²) >= 11 is 0. The van der Waals surface area contributed by atoms with Crippen LogP contribution in [0.2, 0.25) is 0 Å². The van der Waals surface area contributed by atoms with Crippen LogP contribution in [0.25, 0.3) is 0 Å². The summed E-state index contributed by atoms with van der Waals surface area (Å²) in [5.74, 6) is 0.456. The van der Waals surface area contributed by atoms with Crippen molar-refractivity contribution < 1.29 is 17.9 Å². The molecule has 1 amide bonds. The van der Waals surface area contributed by atoms with Crippen molar-refractivity contribution in [2.75, 3.05) is 13.7 Å². The van der Waals surface area contributed by atoms with Crippen molar-refractivity contribution in [1.82, 2.24) is 10.0 Å². The minimum absolute atomic E-state index is 0.0280. The van der Waals surface area contributed by atoms with Crippen molar-refractivity contribution >= 4 is 15.9 Å². The van der Waals surface area contributed by atoms with Gasteiger partial charge in [-0.25, -0.2) is 13.1 Å². The third kappa shape index (κ3) is 5.55. The normalized spacial score (nSPS) is 12.4. The van der Waals surface area contributed by atoms with E-state index in [1.807, 2.05) is 44.2 Å². The Bertz CT molecular complexity index is 910. The molecule has 146 valence electrons. The van der Waals surface area contributed by atoms with E-state index in [0.717, 1.165) is 11.1 Å². The van der Waals surface area contributed by atoms with Gasteiger partial charge in [0.25, 0.3) is 0 Å². The molecule has 2 rings (SSSR count). The summed E-state index contributed by atoms with van der Waals surface area (Å²) in [6.45, 7) is 5.47. The Labute approximate surface area is 161 Å². The molecule has 0 aliphatic rings. The molecule has 0 aromatic heterocycles. The first-order chi connectivity index (χ1) is 12.7. The number of carbonyl (C=O) groups excluding carboxylic acids is 1. The third-order valence-corrected chi connectivity index (χ3v) is 5.86. The van der Waals surface area contributed by atoms with Crippen molar-refractivity contribution in [3.63, 3.8) is 0 Å². The highest BCUT2D eigenvalue weighted by molar-refractivity contribution is 7.89. The average molecular weight is 391 g/mol. The topological polar surface area (TPSA) is 84.5 Å². The Morgan fingerprint density at radius 1 is 1.15 bits per heavy atom. The van der Waals surface area contributed by atoms with Crippen LogP contribution in [0.5, 0.6) is 5.75 Å². The van der Waals surface area contributed by atoms with Gasteiger partial charge in [0.05, 0.1) is 18.0 Å². The summed E-state index contributed by atoms with van der Waals surface area (Å²) in [4.78, 5) is 12.4. The number of para-hydroxylation sites is 1. The Balaban J connectivity index is 1.93. The summed E-state index contributed by atoms with van der Waals surface area (Å²) < 4.78 is 32.7. The molecule has 0 aliphatic carbocycles. The van der Waals surface area contributed by atoms with Gasteiger partial charge in [0.2, 0.25) is 15.9 Å². The smallest absolute Gasteiger partial charge is 0.240 e. The number of sulfonamides is 1. The van der Waals surface area contributed by atoms with Crippen LogP contribution < -0.4 is 14.8 Å². The molecule has 0 radical (unpaired) electrons. The quantitative estimate of drug-likeness (QED) is 0.726. The Kier molecular flexibility index (Phi) is 6.98. The van der Waals surface area contributed by atoms with Gasteiger partial charge in [-0.3, -0.25) is 4.79 Å². The number of nitrogens with one attached hydrogen (secondary N) is 2. The van der Waals surface area contributed by atoms with E-state index in [1.165, 1.54) is 0 Å². The van der Waals surface area contributed by atoms with E-state index >= 15 is 0 Å². The lowest BCUT2D eigenvalue weighted by atomic mass is 10.1. The molecule has 2 N–H and O–H groups in total. The largest absolute Gasteiger partial charge is 0.496 e. The molecule has 1 atom stereocenters. The van der Waals surface area contributed by atoms with Crippen molar-refractivity contribution in [2.45, 2.75) is 38.1 Å². The van der Waals surface area contributed by atoms with Crippen molar-refractivity contribution in [3.8, 4) is 5.75 Å². The average Bonchev–Trinajstić information content (AvgIpc) is 2.63. The van der Waals surface area contributed by atoms with Crippen molar-refractivity contribution in [3.05, 3.63) is 59.2 Å². The van der Waals surface area contributed by atoms with Gasteiger partial charge in [0.15, 0.2) is 0 Å². The Morgan fingerprint density at radius 2 is 1.85 bits per heavy atom. The number of hydrogen-bond donors (Lipinski definition) is 2. The van der Waals surface area contributed by atoms with Gasteiger partial charge in [0, 0.05) is 18.5 Å². The van der Waals surface area contributed by atoms with Gasteiger partial charge in [-0.1, -0.05) is 30.3 Å². The fourth-order valence-corrected chi connectivity index (χ4v) is 4.15. The second-order valence-electron chi connectivity index (χ2n) is 6.45. The maximum atomic E-state index is 12.5. The number of amides is 1. The van der Waals surface area contributed by atoms with Gasteiger partial charge < -0.3 is 10.1 Å². The van der Waals surface area contributed by atoms with Crippen LogP contribution >= 0.6 is 0 Å². The van der Waals surface area contributed by atoms with Crippen molar-refractivity contribution in [1.29, 1.82) is 0 Å². The lowest BCUT2D eigenvalue weighted by Gasteiger charge is -2.17. The van der Waals surface area contributed by atoms with Crippen LogP contribution in [-0.4, -0.2) is 28.0 Å². The van der Waals surface area contributed by atoms with Crippen molar-refractivity contribution in [2.24, 2.45) is 0 Å². The second-order valence-corrected chi connectivity index (χ2v) is 8.18. The molecule has 6 nitrogen and oxygen atoms in total. The van der Waals surface area contributed by atoms with E-state index in [4.69, 9.17) is 4.74 Å². The monoisotopic (exact) mass is 390 g/mol.